The zero-order valence-corrected chi connectivity index (χ0v) is 13.5. The number of nitrogens with zero attached hydrogens (tertiary/aromatic N) is 5. The van der Waals surface area contributed by atoms with E-state index in [0.717, 1.165) is 11.1 Å². The molecular weight excluding hydrogens is 290 g/mol. The minimum absolute atomic E-state index is 0.289. The Labute approximate surface area is 135 Å². The van der Waals surface area contributed by atoms with Crippen molar-refractivity contribution in [3.05, 3.63) is 47.5 Å². The molecule has 6 heteroatoms. The van der Waals surface area contributed by atoms with Crippen molar-refractivity contribution in [1.29, 1.82) is 10.5 Å². The first-order chi connectivity index (χ1) is 10.8. The van der Waals surface area contributed by atoms with Gasteiger partial charge in [0.15, 0.2) is 0 Å². The van der Waals surface area contributed by atoms with Crippen LogP contribution in [0, 0.1) is 22.7 Å². The van der Waals surface area contributed by atoms with Crippen LogP contribution in [0.25, 0.3) is 0 Å². The second-order valence-corrected chi connectivity index (χ2v) is 6.35. The standard InChI is InChI=1S/C17H19N5O/c1-16(2,8-18)14-4-13(7-22-12-20-11-21-22)5-15(6-14)17(3,9-19)10-23/h4-6,11-12,23H,7,10H2,1-3H3. The highest BCUT2D eigenvalue weighted by Crippen LogP contribution is 2.30. The Morgan fingerprint density at radius 2 is 1.83 bits per heavy atom. The Balaban J connectivity index is 2.57. The summed E-state index contributed by atoms with van der Waals surface area (Å²) in [6.07, 6.45) is 3.06. The van der Waals surface area contributed by atoms with Gasteiger partial charge in [-0.1, -0.05) is 18.2 Å². The molecule has 1 unspecified atom stereocenters. The third-order valence-corrected chi connectivity index (χ3v) is 4.01. The molecule has 1 N–H and O–H groups in total. The van der Waals surface area contributed by atoms with Crippen LogP contribution < -0.4 is 0 Å². The van der Waals surface area contributed by atoms with E-state index in [9.17, 15) is 15.6 Å². The lowest BCUT2D eigenvalue weighted by atomic mass is 9.78. The molecule has 0 bridgehead atoms. The van der Waals surface area contributed by atoms with E-state index < -0.39 is 10.8 Å². The van der Waals surface area contributed by atoms with Gasteiger partial charge in [0.2, 0.25) is 0 Å². The van der Waals surface area contributed by atoms with Crippen LogP contribution in [0.2, 0.25) is 0 Å². The van der Waals surface area contributed by atoms with Crippen molar-refractivity contribution >= 4 is 0 Å². The third-order valence-electron chi connectivity index (χ3n) is 4.01. The summed E-state index contributed by atoms with van der Waals surface area (Å²) in [7, 11) is 0. The van der Waals surface area contributed by atoms with Gasteiger partial charge in [0.25, 0.3) is 0 Å². The molecule has 0 saturated heterocycles. The monoisotopic (exact) mass is 309 g/mol. The van der Waals surface area contributed by atoms with Crippen molar-refractivity contribution in [3.63, 3.8) is 0 Å². The molecule has 1 aromatic carbocycles. The Kier molecular flexibility index (Phi) is 4.49. The molecule has 118 valence electrons. The smallest absolute Gasteiger partial charge is 0.137 e. The number of hydrogen-bond donors (Lipinski definition) is 1. The van der Waals surface area contributed by atoms with Crippen LogP contribution in [0.4, 0.5) is 0 Å². The highest BCUT2D eigenvalue weighted by atomic mass is 16.3. The molecule has 23 heavy (non-hydrogen) atoms. The summed E-state index contributed by atoms with van der Waals surface area (Å²) in [5, 5.41) is 32.5. The second kappa shape index (κ2) is 6.20. The van der Waals surface area contributed by atoms with Gasteiger partial charge < -0.3 is 5.11 Å². The van der Waals surface area contributed by atoms with E-state index in [0.29, 0.717) is 12.1 Å². The Morgan fingerprint density at radius 3 is 2.35 bits per heavy atom. The van der Waals surface area contributed by atoms with Crippen molar-refractivity contribution < 1.29 is 5.11 Å². The minimum atomic E-state index is -1.02. The average Bonchev–Trinajstić information content (AvgIpc) is 3.06. The van der Waals surface area contributed by atoms with Crippen LogP contribution in [-0.2, 0) is 17.4 Å². The Morgan fingerprint density at radius 1 is 1.13 bits per heavy atom. The number of aliphatic hydroxyl groups is 1. The van der Waals surface area contributed by atoms with Gasteiger partial charge in [-0.3, -0.25) is 0 Å². The lowest BCUT2D eigenvalue weighted by Gasteiger charge is -2.24. The van der Waals surface area contributed by atoms with Gasteiger partial charge in [-0.15, -0.1) is 0 Å². The number of rotatable bonds is 5. The second-order valence-electron chi connectivity index (χ2n) is 6.35. The SMILES string of the molecule is CC(C)(C#N)c1cc(Cn2cncn2)cc(C(C)(C#N)CO)c1. The van der Waals surface area contributed by atoms with E-state index in [1.165, 1.54) is 6.33 Å². The first-order valence-corrected chi connectivity index (χ1v) is 7.25. The lowest BCUT2D eigenvalue weighted by molar-refractivity contribution is 0.240. The first-order valence-electron chi connectivity index (χ1n) is 7.25. The van der Waals surface area contributed by atoms with Crippen molar-refractivity contribution in [1.82, 2.24) is 14.8 Å². The summed E-state index contributed by atoms with van der Waals surface area (Å²) in [5.74, 6) is 0. The Hall–Kier alpha value is -2.70. The van der Waals surface area contributed by atoms with Crippen LogP contribution in [0.15, 0.2) is 30.9 Å². The molecule has 0 spiro atoms. The molecule has 6 nitrogen and oxygen atoms in total. The minimum Gasteiger partial charge on any atom is -0.394 e. The maximum Gasteiger partial charge on any atom is 0.137 e. The summed E-state index contributed by atoms with van der Waals surface area (Å²) in [4.78, 5) is 3.92. The maximum absolute atomic E-state index is 9.62. The molecule has 0 amide bonds. The van der Waals surface area contributed by atoms with Crippen molar-refractivity contribution in [2.24, 2.45) is 0 Å². The molecule has 0 aliphatic heterocycles. The maximum atomic E-state index is 9.62. The normalized spacial score (nSPS) is 13.8. The average molecular weight is 309 g/mol. The van der Waals surface area contributed by atoms with E-state index in [1.807, 2.05) is 32.0 Å². The third kappa shape index (κ3) is 3.39. The summed E-state index contributed by atoms with van der Waals surface area (Å²) in [5.41, 5.74) is 0.694. The van der Waals surface area contributed by atoms with Crippen LogP contribution in [0.3, 0.4) is 0 Å². The fraction of sp³-hybridized carbons (Fsp3) is 0.412. The van der Waals surface area contributed by atoms with Gasteiger partial charge in [0.05, 0.1) is 30.7 Å². The molecule has 2 aromatic rings. The van der Waals surface area contributed by atoms with Gasteiger partial charge in [-0.05, 0) is 37.5 Å². The quantitative estimate of drug-likeness (QED) is 0.909. The molecule has 0 fully saturated rings. The molecular formula is C17H19N5O. The van der Waals surface area contributed by atoms with E-state index in [-0.39, 0.29) is 6.61 Å². The number of benzene rings is 1. The first kappa shape index (κ1) is 16.7. The molecule has 0 aliphatic rings. The van der Waals surface area contributed by atoms with Crippen molar-refractivity contribution in [2.75, 3.05) is 6.61 Å². The van der Waals surface area contributed by atoms with Crippen LogP contribution in [-0.4, -0.2) is 26.5 Å². The zero-order chi connectivity index (χ0) is 17.1. The van der Waals surface area contributed by atoms with Crippen LogP contribution >= 0.6 is 0 Å². The molecule has 1 heterocycles. The van der Waals surface area contributed by atoms with E-state index in [4.69, 9.17) is 0 Å². The molecule has 1 aromatic heterocycles. The predicted octanol–water partition coefficient (Wildman–Crippen LogP) is 1.90. The van der Waals surface area contributed by atoms with Gasteiger partial charge in [0.1, 0.15) is 18.1 Å². The van der Waals surface area contributed by atoms with E-state index in [1.54, 1.807) is 17.9 Å². The fourth-order valence-electron chi connectivity index (χ4n) is 2.22. The molecule has 2 rings (SSSR count). The molecule has 1 atom stereocenters. The molecule has 0 aliphatic carbocycles. The van der Waals surface area contributed by atoms with Crippen LogP contribution in [0.5, 0.6) is 0 Å². The van der Waals surface area contributed by atoms with E-state index in [2.05, 4.69) is 22.2 Å². The van der Waals surface area contributed by atoms with Crippen LogP contribution in [0.1, 0.15) is 37.5 Å². The van der Waals surface area contributed by atoms with Gasteiger partial charge in [-0.25, -0.2) is 9.67 Å². The van der Waals surface area contributed by atoms with Gasteiger partial charge >= 0.3 is 0 Å². The highest BCUT2D eigenvalue weighted by Gasteiger charge is 2.29. The van der Waals surface area contributed by atoms with Crippen molar-refractivity contribution in [3.8, 4) is 12.1 Å². The summed E-state index contributed by atoms with van der Waals surface area (Å²) in [6.45, 7) is 5.53. The predicted molar refractivity (Wildman–Crippen MR) is 84.3 cm³/mol. The topological polar surface area (TPSA) is 98.5 Å². The van der Waals surface area contributed by atoms with E-state index >= 15 is 0 Å². The van der Waals surface area contributed by atoms with Gasteiger partial charge in [0, 0.05) is 0 Å². The number of aromatic nitrogens is 3. The zero-order valence-electron chi connectivity index (χ0n) is 13.5. The number of nitriles is 2. The summed E-state index contributed by atoms with van der Waals surface area (Å²) >= 11 is 0. The Bertz CT molecular complexity index is 767. The highest BCUT2D eigenvalue weighted by molar-refractivity contribution is 5.43. The van der Waals surface area contributed by atoms with Gasteiger partial charge in [-0.2, -0.15) is 15.6 Å². The number of aliphatic hydroxyl groups excluding tert-OH is 1. The molecule has 0 radical (unpaired) electrons. The lowest BCUT2D eigenvalue weighted by Crippen LogP contribution is -2.26. The summed E-state index contributed by atoms with van der Waals surface area (Å²) in [6, 6.07) is 10.1. The largest absolute Gasteiger partial charge is 0.394 e. The molecule has 0 saturated carbocycles. The fourth-order valence-corrected chi connectivity index (χ4v) is 2.22. The number of hydrogen-bond acceptors (Lipinski definition) is 5. The van der Waals surface area contributed by atoms with Crippen molar-refractivity contribution in [2.45, 2.75) is 38.1 Å². The summed E-state index contributed by atoms with van der Waals surface area (Å²) < 4.78 is 1.67.